The first-order chi connectivity index (χ1) is 17.4. The van der Waals surface area contributed by atoms with E-state index in [9.17, 15) is 31.9 Å². The van der Waals surface area contributed by atoms with Gasteiger partial charge in [0.25, 0.3) is 0 Å². The number of amides is 2. The monoisotopic (exact) mass is 558 g/mol. The lowest BCUT2D eigenvalue weighted by Gasteiger charge is -2.22. The summed E-state index contributed by atoms with van der Waals surface area (Å²) in [6, 6.07) is 6.10. The molecule has 0 fully saturated rings. The van der Waals surface area contributed by atoms with Crippen molar-refractivity contribution in [3.8, 4) is 0 Å². The number of urea groups is 1. The van der Waals surface area contributed by atoms with E-state index in [1.165, 1.54) is 22.9 Å². The Morgan fingerprint density at radius 2 is 1.71 bits per heavy atom. The van der Waals surface area contributed by atoms with Crippen molar-refractivity contribution in [3.05, 3.63) is 60.0 Å². The van der Waals surface area contributed by atoms with Gasteiger partial charge >= 0.3 is 18.2 Å². The first-order valence-electron chi connectivity index (χ1n) is 11.3. The van der Waals surface area contributed by atoms with Crippen molar-refractivity contribution >= 4 is 52.6 Å². The first kappa shape index (κ1) is 30.6. The number of anilines is 2. The van der Waals surface area contributed by atoms with Gasteiger partial charge in [-0.25, -0.2) is 9.18 Å². The molecule has 0 saturated heterocycles. The zero-order valence-electron chi connectivity index (χ0n) is 20.8. The molecule has 38 heavy (non-hydrogen) atoms. The van der Waals surface area contributed by atoms with E-state index in [4.69, 9.17) is 4.74 Å². The third-order valence-electron chi connectivity index (χ3n) is 5.57. The Morgan fingerprint density at radius 3 is 2.29 bits per heavy atom. The van der Waals surface area contributed by atoms with E-state index in [0.29, 0.717) is 5.52 Å². The minimum atomic E-state index is -4.51. The van der Waals surface area contributed by atoms with Crippen LogP contribution in [0.1, 0.15) is 30.1 Å². The standard InChI is InChI=1S/C25H26F4N4O4.ClH/c1-4-37-23(35)21(32(2)3)11-12-22(34)33-14-19(18-13-16(26)7-10-20(18)33)31-24(36)30-17-8-5-15(6-9-17)25(27,28)29;/h5-10,13-14,21H,4,11-12H2,1-3H3,(H2,30,31,36);1H. The van der Waals surface area contributed by atoms with E-state index in [0.717, 1.165) is 30.3 Å². The zero-order valence-corrected chi connectivity index (χ0v) is 21.6. The normalized spacial score (nSPS) is 12.1. The topological polar surface area (TPSA) is 92.7 Å². The largest absolute Gasteiger partial charge is 0.465 e. The number of aromatic nitrogens is 1. The highest BCUT2D eigenvalue weighted by atomic mass is 35.5. The van der Waals surface area contributed by atoms with E-state index in [2.05, 4.69) is 10.6 Å². The number of nitrogens with one attached hydrogen (secondary N) is 2. The van der Waals surface area contributed by atoms with Gasteiger partial charge in [-0.1, -0.05) is 0 Å². The molecular weight excluding hydrogens is 532 g/mol. The van der Waals surface area contributed by atoms with Gasteiger partial charge in [0.1, 0.15) is 11.9 Å². The number of ether oxygens (including phenoxy) is 1. The summed E-state index contributed by atoms with van der Waals surface area (Å²) in [5.41, 5.74) is -0.323. The maximum Gasteiger partial charge on any atom is 0.416 e. The van der Waals surface area contributed by atoms with Crippen LogP contribution < -0.4 is 10.6 Å². The molecule has 0 radical (unpaired) electrons. The second-order valence-electron chi connectivity index (χ2n) is 8.39. The number of likely N-dealkylation sites (N-methyl/N-ethyl adjacent to an activating group) is 1. The zero-order chi connectivity index (χ0) is 27.3. The highest BCUT2D eigenvalue weighted by molar-refractivity contribution is 6.08. The number of fused-ring (bicyclic) bond motifs is 1. The number of carbonyl (C=O) groups is 3. The summed E-state index contributed by atoms with van der Waals surface area (Å²) in [4.78, 5) is 39.4. The van der Waals surface area contributed by atoms with Crippen molar-refractivity contribution < 1.29 is 36.7 Å². The lowest BCUT2D eigenvalue weighted by Crippen LogP contribution is -2.37. The Kier molecular flexibility index (Phi) is 10.3. The minimum absolute atomic E-state index is 0. The van der Waals surface area contributed by atoms with Gasteiger partial charge in [-0.05, 0) is 69.9 Å². The van der Waals surface area contributed by atoms with E-state index in [1.807, 2.05) is 0 Å². The van der Waals surface area contributed by atoms with Crippen LogP contribution in [-0.2, 0) is 15.7 Å². The maximum atomic E-state index is 14.0. The van der Waals surface area contributed by atoms with Crippen molar-refractivity contribution in [3.63, 3.8) is 0 Å². The quantitative estimate of drug-likeness (QED) is 0.270. The molecule has 0 bridgehead atoms. The van der Waals surface area contributed by atoms with Crippen molar-refractivity contribution in [2.75, 3.05) is 31.3 Å². The Bertz CT molecular complexity index is 1290. The predicted octanol–water partition coefficient (Wildman–Crippen LogP) is 5.78. The molecular formula is C25H27ClF4N4O4. The molecule has 1 unspecified atom stereocenters. The Balaban J connectivity index is 0.00000507. The second kappa shape index (κ2) is 12.7. The van der Waals surface area contributed by atoms with Gasteiger partial charge in [-0.2, -0.15) is 13.2 Å². The molecule has 0 spiro atoms. The van der Waals surface area contributed by atoms with Gasteiger partial charge in [-0.15, -0.1) is 12.4 Å². The third-order valence-corrected chi connectivity index (χ3v) is 5.57. The molecule has 0 aliphatic heterocycles. The highest BCUT2D eigenvalue weighted by Crippen LogP contribution is 2.30. The summed E-state index contributed by atoms with van der Waals surface area (Å²) < 4.78 is 58.5. The van der Waals surface area contributed by atoms with Gasteiger partial charge < -0.3 is 15.4 Å². The van der Waals surface area contributed by atoms with E-state index >= 15 is 0 Å². The van der Waals surface area contributed by atoms with E-state index in [1.54, 1.807) is 25.9 Å². The molecule has 0 aliphatic carbocycles. The van der Waals surface area contributed by atoms with Crippen LogP contribution in [0, 0.1) is 5.82 Å². The molecule has 3 aromatic rings. The molecule has 206 valence electrons. The minimum Gasteiger partial charge on any atom is -0.465 e. The Labute approximate surface area is 222 Å². The molecule has 2 N–H and O–H groups in total. The fourth-order valence-corrected chi connectivity index (χ4v) is 3.74. The van der Waals surface area contributed by atoms with Crippen LogP contribution in [0.5, 0.6) is 0 Å². The van der Waals surface area contributed by atoms with Crippen LogP contribution >= 0.6 is 12.4 Å². The van der Waals surface area contributed by atoms with E-state index in [-0.39, 0.29) is 48.6 Å². The highest BCUT2D eigenvalue weighted by Gasteiger charge is 2.30. The summed E-state index contributed by atoms with van der Waals surface area (Å²) in [5, 5.41) is 5.15. The smallest absolute Gasteiger partial charge is 0.416 e. The molecule has 3 rings (SSSR count). The summed E-state index contributed by atoms with van der Waals surface area (Å²) in [5.74, 6) is -1.45. The number of carbonyl (C=O) groups excluding carboxylic acids is 3. The van der Waals surface area contributed by atoms with E-state index < -0.39 is 41.5 Å². The predicted molar refractivity (Wildman–Crippen MR) is 137 cm³/mol. The molecule has 1 atom stereocenters. The molecule has 13 heteroatoms. The van der Waals surface area contributed by atoms with Crippen molar-refractivity contribution in [2.24, 2.45) is 0 Å². The maximum absolute atomic E-state index is 14.0. The third kappa shape index (κ3) is 7.45. The number of rotatable bonds is 8. The van der Waals surface area contributed by atoms with Crippen molar-refractivity contribution in [1.82, 2.24) is 9.47 Å². The van der Waals surface area contributed by atoms with Crippen LogP contribution in [0.3, 0.4) is 0 Å². The SMILES string of the molecule is CCOC(=O)C(CCC(=O)n1cc(NC(=O)Nc2ccc(C(F)(F)F)cc2)c2cc(F)ccc21)N(C)C.Cl. The number of benzene rings is 2. The molecule has 8 nitrogen and oxygen atoms in total. The van der Waals surface area contributed by atoms with Crippen LogP contribution in [0.2, 0.25) is 0 Å². The van der Waals surface area contributed by atoms with Gasteiger partial charge in [0, 0.05) is 23.7 Å². The second-order valence-corrected chi connectivity index (χ2v) is 8.39. The number of halogens is 5. The van der Waals surface area contributed by atoms with Crippen molar-refractivity contribution in [2.45, 2.75) is 32.0 Å². The van der Waals surface area contributed by atoms with Gasteiger partial charge in [0.05, 0.1) is 23.4 Å². The number of nitrogens with zero attached hydrogens (tertiary/aromatic N) is 2. The summed E-state index contributed by atoms with van der Waals surface area (Å²) in [6.07, 6.45) is -3.06. The summed E-state index contributed by atoms with van der Waals surface area (Å²) in [6.45, 7) is 1.89. The van der Waals surface area contributed by atoms with Crippen LogP contribution in [0.25, 0.3) is 10.9 Å². The van der Waals surface area contributed by atoms with Gasteiger partial charge in [0.15, 0.2) is 0 Å². The number of esters is 1. The molecule has 1 aromatic heterocycles. The molecule has 0 saturated carbocycles. The first-order valence-corrected chi connectivity index (χ1v) is 11.3. The molecule has 2 aromatic carbocycles. The Morgan fingerprint density at radius 1 is 1.05 bits per heavy atom. The number of hydrogen-bond donors (Lipinski definition) is 2. The summed E-state index contributed by atoms with van der Waals surface area (Å²) >= 11 is 0. The Hall–Kier alpha value is -3.64. The lowest BCUT2D eigenvalue weighted by molar-refractivity contribution is -0.148. The average molecular weight is 559 g/mol. The van der Waals surface area contributed by atoms with Crippen LogP contribution in [0.15, 0.2) is 48.7 Å². The average Bonchev–Trinajstić information content (AvgIpc) is 3.16. The fourth-order valence-electron chi connectivity index (χ4n) is 3.74. The summed E-state index contributed by atoms with van der Waals surface area (Å²) in [7, 11) is 3.38. The van der Waals surface area contributed by atoms with Gasteiger partial charge in [-0.3, -0.25) is 19.1 Å². The van der Waals surface area contributed by atoms with Crippen molar-refractivity contribution in [1.29, 1.82) is 0 Å². The lowest BCUT2D eigenvalue weighted by atomic mass is 10.1. The van der Waals surface area contributed by atoms with Crippen LogP contribution in [0.4, 0.5) is 33.7 Å². The van der Waals surface area contributed by atoms with Crippen LogP contribution in [-0.4, -0.2) is 54.1 Å². The molecule has 0 aliphatic rings. The molecule has 2 amide bonds. The van der Waals surface area contributed by atoms with Gasteiger partial charge in [0.2, 0.25) is 5.91 Å². The number of hydrogen-bond acceptors (Lipinski definition) is 5. The molecule has 1 heterocycles. The number of alkyl halides is 3. The fraction of sp³-hybridized carbons (Fsp3) is 0.320.